The second-order valence-electron chi connectivity index (χ2n) is 7.96. The van der Waals surface area contributed by atoms with E-state index < -0.39 is 18.4 Å². The summed E-state index contributed by atoms with van der Waals surface area (Å²) in [5, 5.41) is 5.37. The first kappa shape index (κ1) is 26.4. The summed E-state index contributed by atoms with van der Waals surface area (Å²) in [5.41, 5.74) is 2.24. The lowest BCUT2D eigenvalue weighted by Gasteiger charge is -2.21. The number of alkyl carbamates (subject to hydrolysis) is 2. The molecule has 8 nitrogen and oxygen atoms in total. The van der Waals surface area contributed by atoms with E-state index >= 15 is 0 Å². The van der Waals surface area contributed by atoms with E-state index in [4.69, 9.17) is 18.9 Å². The van der Waals surface area contributed by atoms with Gasteiger partial charge in [-0.2, -0.15) is 0 Å². The zero-order valence-corrected chi connectivity index (χ0v) is 20.6. The van der Waals surface area contributed by atoms with Crippen LogP contribution in [0.5, 0.6) is 11.5 Å². The maximum atomic E-state index is 12.6. The minimum atomic E-state index is -0.935. The number of carbonyl (C=O) groups excluding carboxylic acids is 2. The summed E-state index contributed by atoms with van der Waals surface area (Å²) in [7, 11) is 1.53. The lowest BCUT2D eigenvalue weighted by molar-refractivity contribution is 0.122. The van der Waals surface area contributed by atoms with E-state index in [1.165, 1.54) is 7.11 Å². The normalized spacial score (nSPS) is 10.4. The SMILES string of the molecule is CCCCOc1ccc(C(NC(=O)OCc2ccccc2)NC(=O)OCc2ccccc2)cc1OC. The van der Waals surface area contributed by atoms with E-state index in [9.17, 15) is 9.59 Å². The van der Waals surface area contributed by atoms with Gasteiger partial charge >= 0.3 is 12.2 Å². The molecule has 0 heterocycles. The highest BCUT2D eigenvalue weighted by molar-refractivity contribution is 5.71. The van der Waals surface area contributed by atoms with Crippen molar-refractivity contribution in [3.63, 3.8) is 0 Å². The zero-order chi connectivity index (χ0) is 25.6. The minimum Gasteiger partial charge on any atom is -0.493 e. The van der Waals surface area contributed by atoms with Crippen LogP contribution in [0.4, 0.5) is 9.59 Å². The number of benzene rings is 3. The molecule has 2 N–H and O–H groups in total. The topological polar surface area (TPSA) is 95.1 Å². The van der Waals surface area contributed by atoms with Crippen LogP contribution in [0.25, 0.3) is 0 Å². The molecule has 190 valence electrons. The highest BCUT2D eigenvalue weighted by Gasteiger charge is 2.21. The van der Waals surface area contributed by atoms with Crippen molar-refractivity contribution >= 4 is 12.2 Å². The molecule has 3 aromatic rings. The Morgan fingerprint density at radius 3 is 1.83 bits per heavy atom. The fourth-order valence-electron chi connectivity index (χ4n) is 3.28. The number of hydrogen-bond acceptors (Lipinski definition) is 6. The van der Waals surface area contributed by atoms with Crippen molar-refractivity contribution in [2.75, 3.05) is 13.7 Å². The summed E-state index contributed by atoms with van der Waals surface area (Å²) in [5.74, 6) is 1.05. The van der Waals surface area contributed by atoms with E-state index in [1.54, 1.807) is 18.2 Å². The molecule has 0 bridgehead atoms. The Morgan fingerprint density at radius 1 is 0.778 bits per heavy atom. The first-order valence-corrected chi connectivity index (χ1v) is 11.8. The monoisotopic (exact) mass is 492 g/mol. The molecule has 0 atom stereocenters. The van der Waals surface area contributed by atoms with Crippen molar-refractivity contribution < 1.29 is 28.5 Å². The van der Waals surface area contributed by atoms with Crippen molar-refractivity contribution in [3.05, 3.63) is 95.6 Å². The Labute approximate surface area is 211 Å². The molecule has 0 fully saturated rings. The van der Waals surface area contributed by atoms with Crippen LogP contribution in [0.2, 0.25) is 0 Å². The molecule has 0 radical (unpaired) electrons. The van der Waals surface area contributed by atoms with Crippen molar-refractivity contribution in [1.29, 1.82) is 0 Å². The van der Waals surface area contributed by atoms with Gasteiger partial charge < -0.3 is 18.9 Å². The first-order valence-electron chi connectivity index (χ1n) is 11.8. The summed E-state index contributed by atoms with van der Waals surface area (Å²) in [6.07, 6.45) is -0.414. The molecule has 0 saturated carbocycles. The molecule has 0 aliphatic heterocycles. The van der Waals surface area contributed by atoms with E-state index in [2.05, 4.69) is 17.6 Å². The summed E-state index contributed by atoms with van der Waals surface area (Å²) < 4.78 is 21.9. The smallest absolute Gasteiger partial charge is 0.409 e. The first-order chi connectivity index (χ1) is 17.6. The Bertz CT molecular complexity index is 1030. The van der Waals surface area contributed by atoms with Gasteiger partial charge in [0.05, 0.1) is 13.7 Å². The predicted octanol–water partition coefficient (Wildman–Crippen LogP) is 5.73. The average molecular weight is 493 g/mol. The van der Waals surface area contributed by atoms with Crippen LogP contribution >= 0.6 is 0 Å². The molecule has 0 spiro atoms. The van der Waals surface area contributed by atoms with E-state index in [0.29, 0.717) is 23.7 Å². The molecule has 3 rings (SSSR count). The molecule has 3 aromatic carbocycles. The number of nitrogens with one attached hydrogen (secondary N) is 2. The quantitative estimate of drug-likeness (QED) is 0.248. The molecule has 0 aliphatic rings. The number of ether oxygens (including phenoxy) is 4. The molecule has 2 amide bonds. The van der Waals surface area contributed by atoms with Gasteiger partial charge in [-0.3, -0.25) is 10.6 Å². The molecule has 0 aliphatic carbocycles. The number of hydrogen-bond donors (Lipinski definition) is 2. The van der Waals surface area contributed by atoms with Crippen LogP contribution in [0.3, 0.4) is 0 Å². The van der Waals surface area contributed by atoms with Crippen LogP contribution in [0.15, 0.2) is 78.9 Å². The van der Waals surface area contributed by atoms with Crippen LogP contribution in [0, 0.1) is 0 Å². The number of carbonyl (C=O) groups is 2. The Kier molecular flexibility index (Phi) is 10.5. The van der Waals surface area contributed by atoms with Gasteiger partial charge in [0.25, 0.3) is 0 Å². The van der Waals surface area contributed by atoms with Crippen molar-refractivity contribution in [2.24, 2.45) is 0 Å². The number of rotatable bonds is 12. The standard InChI is InChI=1S/C28H32N2O6/c1-3-4-17-34-24-16-15-23(18-25(24)33-2)26(29-27(31)35-19-21-11-7-5-8-12-21)30-28(32)36-20-22-13-9-6-10-14-22/h5-16,18,26H,3-4,17,19-20H2,1-2H3,(H,29,31)(H,30,32). The van der Waals surface area contributed by atoms with Crippen LogP contribution in [-0.4, -0.2) is 25.9 Å². The van der Waals surface area contributed by atoms with Crippen molar-refractivity contribution in [2.45, 2.75) is 39.1 Å². The molecule has 0 saturated heterocycles. The van der Waals surface area contributed by atoms with Gasteiger partial charge in [0.15, 0.2) is 11.5 Å². The summed E-state index contributed by atoms with van der Waals surface area (Å²) >= 11 is 0. The highest BCUT2D eigenvalue weighted by atomic mass is 16.6. The van der Waals surface area contributed by atoms with Gasteiger partial charge in [-0.25, -0.2) is 9.59 Å². The molecule has 0 unspecified atom stereocenters. The van der Waals surface area contributed by atoms with E-state index in [0.717, 1.165) is 24.0 Å². The summed E-state index contributed by atoms with van der Waals surface area (Å²) in [4.78, 5) is 25.2. The third kappa shape index (κ3) is 8.54. The summed E-state index contributed by atoms with van der Waals surface area (Å²) in [6, 6.07) is 23.8. The van der Waals surface area contributed by atoms with Crippen LogP contribution < -0.4 is 20.1 Å². The van der Waals surface area contributed by atoms with Gasteiger partial charge in [-0.15, -0.1) is 0 Å². The summed E-state index contributed by atoms with van der Waals surface area (Å²) in [6.45, 7) is 2.82. The average Bonchev–Trinajstić information content (AvgIpc) is 2.92. The van der Waals surface area contributed by atoms with Crippen molar-refractivity contribution in [3.8, 4) is 11.5 Å². The molecule has 36 heavy (non-hydrogen) atoms. The fourth-order valence-corrected chi connectivity index (χ4v) is 3.28. The van der Waals surface area contributed by atoms with Crippen LogP contribution in [-0.2, 0) is 22.7 Å². The molecular weight excluding hydrogens is 460 g/mol. The van der Waals surface area contributed by atoms with Gasteiger partial charge in [0.2, 0.25) is 0 Å². The molecule has 8 heteroatoms. The Balaban J connectivity index is 1.70. The van der Waals surface area contributed by atoms with Crippen molar-refractivity contribution in [1.82, 2.24) is 10.6 Å². The predicted molar refractivity (Wildman–Crippen MR) is 136 cm³/mol. The maximum Gasteiger partial charge on any atom is 0.409 e. The lowest BCUT2D eigenvalue weighted by Crippen LogP contribution is -2.41. The van der Waals surface area contributed by atoms with E-state index in [-0.39, 0.29) is 13.2 Å². The molecule has 0 aromatic heterocycles. The minimum absolute atomic E-state index is 0.0887. The largest absolute Gasteiger partial charge is 0.493 e. The second-order valence-corrected chi connectivity index (χ2v) is 7.96. The zero-order valence-electron chi connectivity index (χ0n) is 20.6. The third-order valence-electron chi connectivity index (χ3n) is 5.23. The van der Waals surface area contributed by atoms with E-state index in [1.807, 2.05) is 60.7 Å². The maximum absolute atomic E-state index is 12.6. The molecular formula is C28H32N2O6. The Morgan fingerprint density at radius 2 is 1.33 bits per heavy atom. The lowest BCUT2D eigenvalue weighted by atomic mass is 10.1. The third-order valence-corrected chi connectivity index (χ3v) is 5.23. The number of amides is 2. The van der Waals surface area contributed by atoms with Gasteiger partial charge in [0, 0.05) is 0 Å². The highest BCUT2D eigenvalue weighted by Crippen LogP contribution is 2.30. The van der Waals surface area contributed by atoms with Crippen LogP contribution in [0.1, 0.15) is 42.6 Å². The fraction of sp³-hybridized carbons (Fsp3) is 0.286. The van der Waals surface area contributed by atoms with Gasteiger partial charge in [0.1, 0.15) is 19.4 Å². The second kappa shape index (κ2) is 14.3. The van der Waals surface area contributed by atoms with Gasteiger partial charge in [-0.05, 0) is 35.2 Å². The number of methoxy groups -OCH3 is 1. The van der Waals surface area contributed by atoms with Gasteiger partial charge in [-0.1, -0.05) is 80.1 Å². The Hall–Kier alpha value is -4.20. The number of unbranched alkanes of at least 4 members (excludes halogenated alkanes) is 1.